The van der Waals surface area contributed by atoms with Crippen LogP contribution >= 0.6 is 0 Å². The smallest absolute Gasteiger partial charge is 0.117 e. The summed E-state index contributed by atoms with van der Waals surface area (Å²) in [4.78, 5) is 5.10. The summed E-state index contributed by atoms with van der Waals surface area (Å²) in [5.41, 5.74) is 20.0. The lowest BCUT2D eigenvalue weighted by atomic mass is 9.80. The van der Waals surface area contributed by atoms with Crippen LogP contribution in [0.2, 0.25) is 26.2 Å². The lowest BCUT2D eigenvalue weighted by molar-refractivity contribution is 0.660. The van der Waals surface area contributed by atoms with Crippen molar-refractivity contribution in [3.63, 3.8) is 0 Å². The number of benzene rings is 12. The molecule has 0 saturated carbocycles. The van der Waals surface area contributed by atoms with Crippen molar-refractivity contribution in [2.45, 2.75) is 45.5 Å². The Labute approximate surface area is 454 Å². The van der Waals surface area contributed by atoms with Gasteiger partial charge in [-0.25, -0.2) is 0 Å². The molecule has 12 aromatic carbocycles. The van der Waals surface area contributed by atoms with Crippen LogP contribution in [-0.4, -0.2) is 16.1 Å². The first-order chi connectivity index (χ1) is 37.5. The lowest BCUT2D eigenvalue weighted by Crippen LogP contribution is -2.58. The van der Waals surface area contributed by atoms with E-state index in [1.54, 1.807) is 0 Å². The summed E-state index contributed by atoms with van der Waals surface area (Å²) in [6.07, 6.45) is 0. The van der Waals surface area contributed by atoms with Gasteiger partial charge in [0.2, 0.25) is 0 Å². The first-order valence-electron chi connectivity index (χ1n) is 27.3. The summed E-state index contributed by atoms with van der Waals surface area (Å²) in [7, 11) is -4.06. The molecule has 77 heavy (non-hydrogen) atoms. The van der Waals surface area contributed by atoms with Gasteiger partial charge in [-0.3, -0.25) is 0 Å². The number of rotatable bonds is 5. The van der Waals surface area contributed by atoms with Crippen molar-refractivity contribution in [1.82, 2.24) is 0 Å². The second-order valence-electron chi connectivity index (χ2n) is 23.3. The van der Waals surface area contributed by atoms with Crippen molar-refractivity contribution in [2.75, 3.05) is 9.80 Å². The monoisotopic (exact) mass is 1020 g/mol. The van der Waals surface area contributed by atoms with Crippen molar-refractivity contribution in [2.24, 2.45) is 0 Å². The highest BCUT2D eigenvalue weighted by Crippen LogP contribution is 2.53. The minimum atomic E-state index is -2.03. The second kappa shape index (κ2) is 16.7. The Hall–Kier alpha value is -8.55. The molecule has 0 radical (unpaired) electrons. The van der Waals surface area contributed by atoms with Crippen molar-refractivity contribution in [3.8, 4) is 44.5 Å². The van der Waals surface area contributed by atoms with E-state index < -0.39 is 16.1 Å². The first-order valence-corrected chi connectivity index (χ1v) is 33.3. The van der Waals surface area contributed by atoms with Gasteiger partial charge in [0.25, 0.3) is 0 Å². The second-order valence-corrected chi connectivity index (χ2v) is 31.9. The van der Waals surface area contributed by atoms with E-state index in [9.17, 15) is 0 Å². The van der Waals surface area contributed by atoms with Crippen molar-refractivity contribution >= 4 is 103 Å². The van der Waals surface area contributed by atoms with E-state index in [0.717, 1.165) is 11.4 Å². The zero-order valence-corrected chi connectivity index (χ0v) is 46.5. The Balaban J connectivity index is 1.05. The molecule has 4 heteroatoms. The molecule has 3 aliphatic rings. The molecule has 2 nitrogen and oxygen atoms in total. The average molecular weight is 1020 g/mol. The third-order valence-electron chi connectivity index (χ3n) is 18.0. The maximum atomic E-state index is 2.55. The zero-order valence-electron chi connectivity index (χ0n) is 44.5. The van der Waals surface area contributed by atoms with Crippen LogP contribution < -0.4 is 30.5 Å². The van der Waals surface area contributed by atoms with E-state index in [1.807, 2.05) is 0 Å². The fourth-order valence-electron chi connectivity index (χ4n) is 14.1. The number of hydrogen-bond donors (Lipinski definition) is 0. The Morgan fingerprint density at radius 3 is 1.29 bits per heavy atom. The van der Waals surface area contributed by atoms with Crippen LogP contribution in [0.1, 0.15) is 25.0 Å². The van der Waals surface area contributed by atoms with Crippen molar-refractivity contribution in [1.29, 1.82) is 0 Å². The molecule has 2 aliphatic heterocycles. The number of anilines is 6. The summed E-state index contributed by atoms with van der Waals surface area (Å²) in [6.45, 7) is 14.9. The molecule has 0 spiro atoms. The van der Waals surface area contributed by atoms with E-state index in [0.29, 0.717) is 0 Å². The van der Waals surface area contributed by atoms with Crippen LogP contribution in [0.4, 0.5) is 34.1 Å². The van der Waals surface area contributed by atoms with Crippen molar-refractivity contribution < 1.29 is 0 Å². The normalized spacial score (nSPS) is 15.1. The predicted molar refractivity (Wildman–Crippen MR) is 336 cm³/mol. The van der Waals surface area contributed by atoms with Gasteiger partial charge in [0.1, 0.15) is 16.1 Å². The molecule has 368 valence electrons. The highest BCUT2D eigenvalue weighted by molar-refractivity contribution is 7.03. The zero-order chi connectivity index (χ0) is 52.0. The SMILES string of the molecule is CC1(C)c2ccccc2-c2ccc(-c3c4ccc(N5c6ccccc6[Si](C)(C)c6ccccc65)cc4c(-c4cccc(-c5ccc6ccccc6c5)c4)c4ccc(N5c6ccccc6[Si](C)(C)c6ccccc65)cc34)cc21. The molecule has 0 atom stereocenters. The minimum absolute atomic E-state index is 0.168. The Bertz CT molecular complexity index is 4370. The molecule has 0 bridgehead atoms. The molecule has 2 heterocycles. The number of nitrogens with zero attached hydrogens (tertiary/aromatic N) is 2. The Morgan fingerprint density at radius 2 is 0.727 bits per heavy atom. The number of fused-ring (bicyclic) bond motifs is 10. The first kappa shape index (κ1) is 45.8. The summed E-state index contributed by atoms with van der Waals surface area (Å²) in [6, 6.07) is 92.8. The maximum Gasteiger partial charge on any atom is 0.117 e. The third kappa shape index (κ3) is 6.71. The van der Waals surface area contributed by atoms with E-state index in [1.165, 1.54) is 131 Å². The van der Waals surface area contributed by atoms with Gasteiger partial charge in [0.05, 0.1) is 0 Å². The van der Waals surface area contributed by atoms with Crippen LogP contribution in [-0.2, 0) is 5.41 Å². The van der Waals surface area contributed by atoms with Gasteiger partial charge in [-0.1, -0.05) is 216 Å². The molecule has 15 rings (SSSR count). The summed E-state index contributed by atoms with van der Waals surface area (Å²) in [5, 5.41) is 13.3. The molecule has 1 aliphatic carbocycles. The van der Waals surface area contributed by atoms with Gasteiger partial charge in [-0.05, 0) is 175 Å². The van der Waals surface area contributed by atoms with Crippen LogP contribution in [0.3, 0.4) is 0 Å². The van der Waals surface area contributed by atoms with Crippen LogP contribution in [0.5, 0.6) is 0 Å². The molecule has 0 amide bonds. The molecule has 0 unspecified atom stereocenters. The van der Waals surface area contributed by atoms with Crippen molar-refractivity contribution in [3.05, 3.63) is 254 Å². The quantitative estimate of drug-likeness (QED) is 0.125. The minimum Gasteiger partial charge on any atom is -0.311 e. The standard InChI is InChI=1S/C73H58N2Si2/c1-73(2)61-25-10-9-24-55(61)56-39-36-52(44-62(56)73)72-58-41-38-53(74-63-26-11-15-30-67(63)76(3,4)68-31-16-12-27-64(68)74)45-59(58)71(51-23-19-22-49(43-51)50-35-34-47-20-7-8-21-48(47)42-50)57-40-37-54(46-60(57)72)75-65-28-13-17-32-69(65)77(5,6)70-33-18-14-29-66(70)75/h7-46H,1-6H3. The van der Waals surface area contributed by atoms with E-state index in [4.69, 9.17) is 0 Å². The van der Waals surface area contributed by atoms with E-state index in [2.05, 4.69) is 292 Å². The van der Waals surface area contributed by atoms with Gasteiger partial charge in [-0.15, -0.1) is 0 Å². The Kier molecular flexibility index (Phi) is 9.95. The van der Waals surface area contributed by atoms with E-state index >= 15 is 0 Å². The highest BCUT2D eigenvalue weighted by atomic mass is 28.3. The largest absolute Gasteiger partial charge is 0.311 e. The van der Waals surface area contributed by atoms with Gasteiger partial charge >= 0.3 is 0 Å². The predicted octanol–water partition coefficient (Wildman–Crippen LogP) is 17.7. The fraction of sp³-hybridized carbons (Fsp3) is 0.0959. The van der Waals surface area contributed by atoms with Gasteiger partial charge in [0, 0.05) is 39.5 Å². The fourth-order valence-corrected chi connectivity index (χ4v) is 20.1. The third-order valence-corrected chi connectivity index (χ3v) is 25.1. The molecule has 0 N–H and O–H groups in total. The molecule has 12 aromatic rings. The average Bonchev–Trinajstić information content (AvgIpc) is 3.85. The summed E-state index contributed by atoms with van der Waals surface area (Å²) in [5.74, 6) is 0. The van der Waals surface area contributed by atoms with Crippen LogP contribution in [0.15, 0.2) is 243 Å². The van der Waals surface area contributed by atoms with Gasteiger partial charge in [0.15, 0.2) is 0 Å². The topological polar surface area (TPSA) is 6.48 Å². The van der Waals surface area contributed by atoms with Crippen LogP contribution in [0.25, 0.3) is 76.8 Å². The lowest BCUT2D eigenvalue weighted by Gasteiger charge is -2.41. The Morgan fingerprint density at radius 1 is 0.299 bits per heavy atom. The summed E-state index contributed by atoms with van der Waals surface area (Å²) < 4.78 is 0. The molecule has 0 aromatic heterocycles. The maximum absolute atomic E-state index is 2.55. The highest BCUT2D eigenvalue weighted by Gasteiger charge is 2.41. The van der Waals surface area contributed by atoms with Gasteiger partial charge in [-0.2, -0.15) is 0 Å². The number of para-hydroxylation sites is 4. The van der Waals surface area contributed by atoms with Gasteiger partial charge < -0.3 is 9.80 Å². The molecular weight excluding hydrogens is 961 g/mol. The number of hydrogen-bond acceptors (Lipinski definition) is 2. The molecular formula is C73H58N2Si2. The van der Waals surface area contributed by atoms with E-state index in [-0.39, 0.29) is 5.41 Å². The molecule has 0 fully saturated rings. The van der Waals surface area contributed by atoms with Crippen LogP contribution in [0, 0.1) is 0 Å². The molecule has 0 saturated heterocycles. The summed E-state index contributed by atoms with van der Waals surface area (Å²) >= 11 is 0.